The molecule has 344 valence electrons. The van der Waals surface area contributed by atoms with Crippen LogP contribution < -0.4 is 0 Å². The van der Waals surface area contributed by atoms with E-state index in [1.165, 1.54) is 186 Å². The minimum absolute atomic E-state index is 0.0626. The van der Waals surface area contributed by atoms with Gasteiger partial charge in [-0.3, -0.25) is 14.4 Å². The molecule has 0 fully saturated rings. The van der Waals surface area contributed by atoms with Crippen molar-refractivity contribution < 1.29 is 28.6 Å². The summed E-state index contributed by atoms with van der Waals surface area (Å²) in [4.78, 5) is 37.9. The standard InChI is InChI=1S/C52H100O6/c1-5-7-9-11-13-15-17-24-29-33-37-41-45-52(55)58-49(46-56-50(53)43-39-35-31-27-16-14-12-10-8-6-2)47-57-51(54)44-40-36-32-28-25-22-20-18-19-21-23-26-30-34-38-42-48(3)4/h48-49H,5-47H2,1-4H3/t49-/m1/s1. The molecule has 0 saturated heterocycles. The highest BCUT2D eigenvalue weighted by atomic mass is 16.6. The molecule has 0 aliphatic carbocycles. The molecule has 0 amide bonds. The Labute approximate surface area is 361 Å². The average Bonchev–Trinajstić information content (AvgIpc) is 3.21. The van der Waals surface area contributed by atoms with E-state index in [-0.39, 0.29) is 31.1 Å². The maximum atomic E-state index is 12.7. The van der Waals surface area contributed by atoms with E-state index in [0.29, 0.717) is 19.3 Å². The van der Waals surface area contributed by atoms with Crippen molar-refractivity contribution >= 4 is 17.9 Å². The zero-order valence-electron chi connectivity index (χ0n) is 39.5. The van der Waals surface area contributed by atoms with Gasteiger partial charge in [0, 0.05) is 19.3 Å². The first kappa shape index (κ1) is 56.4. The van der Waals surface area contributed by atoms with Crippen molar-refractivity contribution in [3.8, 4) is 0 Å². The number of hydrogen-bond donors (Lipinski definition) is 0. The Morgan fingerprint density at radius 1 is 0.328 bits per heavy atom. The van der Waals surface area contributed by atoms with Crippen LogP contribution in [0.3, 0.4) is 0 Å². The molecule has 0 aromatic heterocycles. The fraction of sp³-hybridized carbons (Fsp3) is 0.942. The van der Waals surface area contributed by atoms with E-state index in [0.717, 1.165) is 63.7 Å². The van der Waals surface area contributed by atoms with Gasteiger partial charge in [-0.1, -0.05) is 252 Å². The zero-order chi connectivity index (χ0) is 42.4. The predicted octanol–water partition coefficient (Wildman–Crippen LogP) is 16.7. The van der Waals surface area contributed by atoms with Crippen molar-refractivity contribution in [2.75, 3.05) is 13.2 Å². The third-order valence-corrected chi connectivity index (χ3v) is 11.8. The van der Waals surface area contributed by atoms with E-state index in [4.69, 9.17) is 14.2 Å². The molecule has 6 heteroatoms. The Kier molecular flexibility index (Phi) is 45.2. The molecule has 0 heterocycles. The molecular weight excluding hydrogens is 721 g/mol. The lowest BCUT2D eigenvalue weighted by Crippen LogP contribution is -2.30. The summed E-state index contributed by atoms with van der Waals surface area (Å²) in [6, 6.07) is 0. The van der Waals surface area contributed by atoms with Crippen LogP contribution in [-0.4, -0.2) is 37.2 Å². The first-order chi connectivity index (χ1) is 28.4. The van der Waals surface area contributed by atoms with Gasteiger partial charge in [-0.05, 0) is 25.2 Å². The number of rotatable bonds is 47. The molecule has 0 unspecified atom stereocenters. The van der Waals surface area contributed by atoms with E-state index in [1.807, 2.05) is 0 Å². The Hall–Kier alpha value is -1.59. The zero-order valence-corrected chi connectivity index (χ0v) is 39.5. The molecule has 1 atom stereocenters. The smallest absolute Gasteiger partial charge is 0.306 e. The van der Waals surface area contributed by atoms with Crippen LogP contribution in [0, 0.1) is 5.92 Å². The summed E-state index contributed by atoms with van der Waals surface area (Å²) in [7, 11) is 0. The number of unbranched alkanes of at least 4 members (excludes halogenated alkanes) is 34. The third kappa shape index (κ3) is 45.5. The lowest BCUT2D eigenvalue weighted by Gasteiger charge is -2.18. The number of hydrogen-bond acceptors (Lipinski definition) is 6. The fourth-order valence-electron chi connectivity index (χ4n) is 7.86. The highest BCUT2D eigenvalue weighted by Gasteiger charge is 2.19. The molecule has 58 heavy (non-hydrogen) atoms. The van der Waals surface area contributed by atoms with E-state index in [1.54, 1.807) is 0 Å². The van der Waals surface area contributed by atoms with Crippen molar-refractivity contribution in [2.24, 2.45) is 5.92 Å². The summed E-state index contributed by atoms with van der Waals surface area (Å²) in [5.41, 5.74) is 0. The van der Waals surface area contributed by atoms with Crippen molar-refractivity contribution in [3.05, 3.63) is 0 Å². The number of carbonyl (C=O) groups excluding carboxylic acids is 3. The first-order valence-electron chi connectivity index (χ1n) is 25.9. The molecule has 0 saturated carbocycles. The van der Waals surface area contributed by atoms with Gasteiger partial charge in [-0.2, -0.15) is 0 Å². The normalized spacial score (nSPS) is 11.9. The Morgan fingerprint density at radius 3 is 0.845 bits per heavy atom. The van der Waals surface area contributed by atoms with Gasteiger partial charge in [-0.25, -0.2) is 0 Å². The summed E-state index contributed by atoms with van der Waals surface area (Å²) in [5, 5.41) is 0. The summed E-state index contributed by atoms with van der Waals surface area (Å²) >= 11 is 0. The van der Waals surface area contributed by atoms with Gasteiger partial charge in [0.2, 0.25) is 0 Å². The quantitative estimate of drug-likeness (QED) is 0.0346. The van der Waals surface area contributed by atoms with Gasteiger partial charge < -0.3 is 14.2 Å². The molecule has 6 nitrogen and oxygen atoms in total. The summed E-state index contributed by atoms with van der Waals surface area (Å²) < 4.78 is 16.8. The largest absolute Gasteiger partial charge is 0.462 e. The van der Waals surface area contributed by atoms with Gasteiger partial charge in [0.1, 0.15) is 13.2 Å². The molecule has 0 aliphatic heterocycles. The maximum absolute atomic E-state index is 12.7. The molecule has 0 rings (SSSR count). The van der Waals surface area contributed by atoms with Crippen LogP contribution >= 0.6 is 0 Å². The second-order valence-electron chi connectivity index (χ2n) is 18.3. The SMILES string of the molecule is CCCCCCCCCCCCCCC(=O)O[C@H](COC(=O)CCCCCCCCCCCC)COC(=O)CCCCCCCCCCCCCCCCCC(C)C. The van der Waals surface area contributed by atoms with Gasteiger partial charge in [-0.15, -0.1) is 0 Å². The highest BCUT2D eigenvalue weighted by molar-refractivity contribution is 5.71. The van der Waals surface area contributed by atoms with E-state index in [2.05, 4.69) is 27.7 Å². The molecular formula is C52H100O6. The Balaban J connectivity index is 4.24. The van der Waals surface area contributed by atoms with Crippen molar-refractivity contribution in [2.45, 2.75) is 297 Å². The van der Waals surface area contributed by atoms with Crippen molar-refractivity contribution in [3.63, 3.8) is 0 Å². The van der Waals surface area contributed by atoms with Gasteiger partial charge in [0.25, 0.3) is 0 Å². The van der Waals surface area contributed by atoms with E-state index in [9.17, 15) is 14.4 Å². The van der Waals surface area contributed by atoms with Gasteiger partial charge in [0.15, 0.2) is 6.10 Å². The molecule has 0 aliphatic rings. The lowest BCUT2D eigenvalue weighted by atomic mass is 10.0. The van der Waals surface area contributed by atoms with Crippen LogP contribution in [0.4, 0.5) is 0 Å². The number of ether oxygens (including phenoxy) is 3. The topological polar surface area (TPSA) is 78.9 Å². The molecule has 0 spiro atoms. The molecule has 0 aromatic rings. The van der Waals surface area contributed by atoms with Crippen LogP contribution in [0.1, 0.15) is 291 Å². The van der Waals surface area contributed by atoms with Gasteiger partial charge >= 0.3 is 17.9 Å². The third-order valence-electron chi connectivity index (χ3n) is 11.8. The lowest BCUT2D eigenvalue weighted by molar-refractivity contribution is -0.167. The van der Waals surface area contributed by atoms with Crippen molar-refractivity contribution in [1.29, 1.82) is 0 Å². The Morgan fingerprint density at radius 2 is 0.569 bits per heavy atom. The van der Waals surface area contributed by atoms with Crippen LogP contribution in [0.2, 0.25) is 0 Å². The highest BCUT2D eigenvalue weighted by Crippen LogP contribution is 2.17. The molecule has 0 aromatic carbocycles. The minimum atomic E-state index is -0.759. The Bertz CT molecular complexity index is 872. The monoisotopic (exact) mass is 821 g/mol. The second kappa shape index (κ2) is 46.5. The summed E-state index contributed by atoms with van der Waals surface area (Å²) in [6.07, 6.45) is 48.0. The van der Waals surface area contributed by atoms with Crippen molar-refractivity contribution in [1.82, 2.24) is 0 Å². The first-order valence-corrected chi connectivity index (χ1v) is 25.9. The minimum Gasteiger partial charge on any atom is -0.462 e. The van der Waals surface area contributed by atoms with E-state index < -0.39 is 6.10 Å². The average molecular weight is 821 g/mol. The maximum Gasteiger partial charge on any atom is 0.306 e. The van der Waals surface area contributed by atoms with Crippen LogP contribution in [0.25, 0.3) is 0 Å². The van der Waals surface area contributed by atoms with Crippen LogP contribution in [0.5, 0.6) is 0 Å². The fourth-order valence-corrected chi connectivity index (χ4v) is 7.86. The summed E-state index contributed by atoms with van der Waals surface area (Å²) in [5.74, 6) is 0.00342. The van der Waals surface area contributed by atoms with Crippen LogP contribution in [0.15, 0.2) is 0 Å². The molecule has 0 radical (unpaired) electrons. The summed E-state index contributed by atoms with van der Waals surface area (Å²) in [6.45, 7) is 9.03. The van der Waals surface area contributed by atoms with Crippen LogP contribution in [-0.2, 0) is 28.6 Å². The number of carbonyl (C=O) groups is 3. The second-order valence-corrected chi connectivity index (χ2v) is 18.3. The number of esters is 3. The van der Waals surface area contributed by atoms with Gasteiger partial charge in [0.05, 0.1) is 0 Å². The molecule has 0 N–H and O–H groups in total. The van der Waals surface area contributed by atoms with E-state index >= 15 is 0 Å². The molecule has 0 bridgehead atoms. The predicted molar refractivity (Wildman–Crippen MR) is 247 cm³/mol.